The Bertz CT molecular complexity index is 252. The molecule has 0 atom stereocenters. The Hall–Kier alpha value is -0.310. The summed E-state index contributed by atoms with van der Waals surface area (Å²) in [4.78, 5) is 11.5. The fourth-order valence-electron chi connectivity index (χ4n) is 2.16. The lowest BCUT2D eigenvalue weighted by Gasteiger charge is -2.02. The van der Waals surface area contributed by atoms with E-state index in [1.165, 1.54) is 51.4 Å². The van der Waals surface area contributed by atoms with Crippen LogP contribution in [0.25, 0.3) is 0 Å². The number of hydrogen-bond acceptors (Lipinski definition) is 2. The van der Waals surface area contributed by atoms with E-state index in [1.807, 2.05) is 6.08 Å². The number of halogens is 1. The summed E-state index contributed by atoms with van der Waals surface area (Å²) in [6.07, 6.45) is 18.1. The van der Waals surface area contributed by atoms with Crippen LogP contribution in [-0.4, -0.2) is 17.9 Å². The van der Waals surface area contributed by atoms with Gasteiger partial charge in [0.15, 0.2) is 0 Å². The van der Waals surface area contributed by atoms with Crippen molar-refractivity contribution in [1.82, 2.24) is 0 Å². The van der Waals surface area contributed by atoms with Crippen LogP contribution in [0.5, 0.6) is 0 Å². The molecule has 0 spiro atoms. The Balaban J connectivity index is 3.24. The topological polar surface area (TPSA) is 26.3 Å². The molecule has 0 aromatic carbocycles. The average Bonchev–Trinajstić information content (AvgIpc) is 2.49. The van der Waals surface area contributed by atoms with Crippen molar-refractivity contribution in [3.8, 4) is 0 Å². The molecule has 0 aliphatic rings. The molecule has 0 heterocycles. The highest BCUT2D eigenvalue weighted by Crippen LogP contribution is 2.08. The highest BCUT2D eigenvalue weighted by atomic mass is 79.9. The molecule has 124 valence electrons. The zero-order chi connectivity index (χ0) is 15.6. The summed E-state index contributed by atoms with van der Waals surface area (Å²) in [5.41, 5.74) is 0. The van der Waals surface area contributed by atoms with Crippen molar-refractivity contribution in [2.24, 2.45) is 0 Å². The van der Waals surface area contributed by atoms with Gasteiger partial charge in [0.25, 0.3) is 0 Å². The van der Waals surface area contributed by atoms with Crippen LogP contribution in [0, 0.1) is 0 Å². The largest absolute Gasteiger partial charge is 0.461 e. The lowest BCUT2D eigenvalue weighted by atomic mass is 10.1. The van der Waals surface area contributed by atoms with Crippen molar-refractivity contribution in [2.45, 2.75) is 84.0 Å². The maximum atomic E-state index is 11.5. The van der Waals surface area contributed by atoms with E-state index in [1.54, 1.807) is 0 Å². The molecule has 0 bridgehead atoms. The Morgan fingerprint density at radius 1 is 0.905 bits per heavy atom. The van der Waals surface area contributed by atoms with Crippen molar-refractivity contribution in [3.63, 3.8) is 0 Å². The van der Waals surface area contributed by atoms with E-state index < -0.39 is 0 Å². The van der Waals surface area contributed by atoms with E-state index in [-0.39, 0.29) is 5.97 Å². The van der Waals surface area contributed by atoms with Crippen molar-refractivity contribution < 1.29 is 9.53 Å². The van der Waals surface area contributed by atoms with Gasteiger partial charge in [-0.2, -0.15) is 0 Å². The van der Waals surface area contributed by atoms with Crippen molar-refractivity contribution >= 4 is 21.9 Å². The molecule has 0 rings (SSSR count). The number of rotatable bonds is 15. The molecule has 0 aliphatic carbocycles. The first-order valence-corrected chi connectivity index (χ1v) is 9.80. The van der Waals surface area contributed by atoms with Gasteiger partial charge in [-0.25, -0.2) is 0 Å². The van der Waals surface area contributed by atoms with Crippen molar-refractivity contribution in [1.29, 1.82) is 0 Å². The highest BCUT2D eigenvalue weighted by Gasteiger charge is 2.00. The Morgan fingerprint density at radius 2 is 1.57 bits per heavy atom. The summed E-state index contributed by atoms with van der Waals surface area (Å²) >= 11 is 3.44. The normalized spacial score (nSPS) is 11.1. The second-order valence-electron chi connectivity index (χ2n) is 5.56. The molecule has 0 unspecified atom stereocenters. The molecule has 0 radical (unpaired) electrons. The van der Waals surface area contributed by atoms with Crippen LogP contribution in [0.1, 0.15) is 84.0 Å². The number of allylic oxidation sites excluding steroid dienone is 1. The number of unbranched alkanes of at least 4 members (excludes halogenated alkanes) is 9. The van der Waals surface area contributed by atoms with Gasteiger partial charge in [0.1, 0.15) is 6.61 Å². The summed E-state index contributed by atoms with van der Waals surface area (Å²) in [5, 5.41) is 1.10. The van der Waals surface area contributed by atoms with Gasteiger partial charge < -0.3 is 4.74 Å². The summed E-state index contributed by atoms with van der Waals surface area (Å²) in [7, 11) is 0. The van der Waals surface area contributed by atoms with E-state index in [0.717, 1.165) is 24.6 Å². The molecule has 3 heteroatoms. The lowest BCUT2D eigenvalue weighted by molar-refractivity contribution is -0.142. The van der Waals surface area contributed by atoms with E-state index >= 15 is 0 Å². The zero-order valence-electron chi connectivity index (χ0n) is 13.7. The smallest absolute Gasteiger partial charge is 0.306 e. The standard InChI is InChI=1S/C18H33BrO2/c1-2-3-4-5-8-11-14-17-21-18(20)15-12-9-6-7-10-13-16-19/h11,14H,2-10,12-13,15-17H2,1H3/b14-11-. The minimum atomic E-state index is -0.0499. The number of carbonyl (C=O) groups is 1. The number of ether oxygens (including phenoxy) is 1. The van der Waals surface area contributed by atoms with Gasteiger partial charge in [-0.05, 0) is 25.7 Å². The maximum absolute atomic E-state index is 11.5. The fourth-order valence-corrected chi connectivity index (χ4v) is 2.56. The third-order valence-electron chi connectivity index (χ3n) is 3.50. The monoisotopic (exact) mass is 360 g/mol. The molecule has 0 aromatic heterocycles. The molecule has 2 nitrogen and oxygen atoms in total. The number of hydrogen-bond donors (Lipinski definition) is 0. The highest BCUT2D eigenvalue weighted by molar-refractivity contribution is 9.09. The quantitative estimate of drug-likeness (QED) is 0.151. The molecular formula is C18H33BrO2. The first kappa shape index (κ1) is 20.7. The summed E-state index contributed by atoms with van der Waals surface area (Å²) in [6, 6.07) is 0. The lowest BCUT2D eigenvalue weighted by Crippen LogP contribution is -2.03. The van der Waals surface area contributed by atoms with E-state index in [0.29, 0.717) is 13.0 Å². The summed E-state index contributed by atoms with van der Waals surface area (Å²) < 4.78 is 5.18. The molecule has 0 saturated carbocycles. The molecule has 0 aliphatic heterocycles. The van der Waals surface area contributed by atoms with Crippen LogP contribution in [0.15, 0.2) is 12.2 Å². The number of carbonyl (C=O) groups excluding carboxylic acids is 1. The average molecular weight is 361 g/mol. The molecule has 0 N–H and O–H groups in total. The van der Waals surface area contributed by atoms with Gasteiger partial charge in [-0.1, -0.05) is 80.0 Å². The zero-order valence-corrected chi connectivity index (χ0v) is 15.3. The van der Waals surface area contributed by atoms with Gasteiger partial charge >= 0.3 is 5.97 Å². The Kier molecular flexibility index (Phi) is 17.5. The predicted octanol–water partition coefficient (Wildman–Crippen LogP) is 6.18. The molecule has 0 fully saturated rings. The van der Waals surface area contributed by atoms with Crippen LogP contribution < -0.4 is 0 Å². The molecular weight excluding hydrogens is 328 g/mol. The van der Waals surface area contributed by atoms with Crippen LogP contribution in [0.3, 0.4) is 0 Å². The molecule has 0 aromatic rings. The van der Waals surface area contributed by atoms with Gasteiger partial charge in [0, 0.05) is 11.8 Å². The predicted molar refractivity (Wildman–Crippen MR) is 95.0 cm³/mol. The minimum absolute atomic E-state index is 0.0499. The van der Waals surface area contributed by atoms with E-state index in [4.69, 9.17) is 4.74 Å². The van der Waals surface area contributed by atoms with Crippen LogP contribution in [0.4, 0.5) is 0 Å². The second kappa shape index (κ2) is 17.7. The third-order valence-corrected chi connectivity index (χ3v) is 4.06. The van der Waals surface area contributed by atoms with Crippen LogP contribution in [0.2, 0.25) is 0 Å². The summed E-state index contributed by atoms with van der Waals surface area (Å²) in [6.45, 7) is 2.66. The molecule has 21 heavy (non-hydrogen) atoms. The van der Waals surface area contributed by atoms with Gasteiger partial charge in [-0.15, -0.1) is 0 Å². The van der Waals surface area contributed by atoms with Gasteiger partial charge in [0.2, 0.25) is 0 Å². The fraction of sp³-hybridized carbons (Fsp3) is 0.833. The Labute approximate surface area is 139 Å². The van der Waals surface area contributed by atoms with E-state index in [9.17, 15) is 4.79 Å². The molecule has 0 amide bonds. The first-order chi connectivity index (χ1) is 10.3. The Morgan fingerprint density at radius 3 is 2.29 bits per heavy atom. The SMILES string of the molecule is CCCCCC/C=C\COC(=O)CCCCCCCCBr. The van der Waals surface area contributed by atoms with Gasteiger partial charge in [-0.3, -0.25) is 4.79 Å². The first-order valence-electron chi connectivity index (χ1n) is 8.67. The van der Waals surface area contributed by atoms with Gasteiger partial charge in [0.05, 0.1) is 0 Å². The van der Waals surface area contributed by atoms with E-state index in [2.05, 4.69) is 28.9 Å². The number of esters is 1. The summed E-state index contributed by atoms with van der Waals surface area (Å²) in [5.74, 6) is -0.0499. The minimum Gasteiger partial charge on any atom is -0.461 e. The molecule has 0 saturated heterocycles. The third kappa shape index (κ3) is 17.6. The van der Waals surface area contributed by atoms with Crippen LogP contribution >= 0.6 is 15.9 Å². The number of alkyl halides is 1. The maximum Gasteiger partial charge on any atom is 0.306 e. The van der Waals surface area contributed by atoms with Crippen LogP contribution in [-0.2, 0) is 9.53 Å². The van der Waals surface area contributed by atoms with Crippen molar-refractivity contribution in [3.05, 3.63) is 12.2 Å². The van der Waals surface area contributed by atoms with Crippen molar-refractivity contribution in [2.75, 3.05) is 11.9 Å². The second-order valence-corrected chi connectivity index (χ2v) is 6.36.